The van der Waals surface area contributed by atoms with Gasteiger partial charge in [0, 0.05) is 25.9 Å². The highest BCUT2D eigenvalue weighted by Crippen LogP contribution is 2.19. The van der Waals surface area contributed by atoms with Gasteiger partial charge in [-0.15, -0.1) is 0 Å². The summed E-state index contributed by atoms with van der Waals surface area (Å²) >= 11 is 0. The van der Waals surface area contributed by atoms with Gasteiger partial charge in [-0.3, -0.25) is 9.59 Å². The standard InChI is InChI=1S/C21H24N2O2/c1-4-16(17-10-6-5-7-11-17)14-20(24)22-19-13-9-8-12-18(19)15-21(25)23(2)3/h5-14H,4,15H2,1-3H3,(H,22,24)/b16-14-. The molecule has 0 bridgehead atoms. The number of carbonyl (C=O) groups excluding carboxylic acids is 2. The summed E-state index contributed by atoms with van der Waals surface area (Å²) in [5.41, 5.74) is 3.49. The lowest BCUT2D eigenvalue weighted by molar-refractivity contribution is -0.128. The molecule has 2 amide bonds. The molecule has 0 aliphatic rings. The molecule has 2 aromatic rings. The van der Waals surface area contributed by atoms with E-state index < -0.39 is 0 Å². The Balaban J connectivity index is 2.18. The Morgan fingerprint density at radius 3 is 2.28 bits per heavy atom. The van der Waals surface area contributed by atoms with E-state index in [0.29, 0.717) is 5.69 Å². The van der Waals surface area contributed by atoms with Gasteiger partial charge in [-0.2, -0.15) is 0 Å². The van der Waals surface area contributed by atoms with Gasteiger partial charge in [0.25, 0.3) is 0 Å². The molecule has 0 spiro atoms. The quantitative estimate of drug-likeness (QED) is 0.817. The lowest BCUT2D eigenvalue weighted by Crippen LogP contribution is -2.24. The molecule has 0 heterocycles. The third-order valence-corrected chi connectivity index (χ3v) is 3.95. The van der Waals surface area contributed by atoms with Gasteiger partial charge in [-0.25, -0.2) is 0 Å². The SMILES string of the molecule is CC/C(=C/C(=O)Nc1ccccc1CC(=O)N(C)C)c1ccccc1. The first-order valence-electron chi connectivity index (χ1n) is 8.36. The van der Waals surface area contributed by atoms with Crippen LogP contribution in [0.1, 0.15) is 24.5 Å². The van der Waals surface area contributed by atoms with E-state index in [9.17, 15) is 9.59 Å². The van der Waals surface area contributed by atoms with Crippen molar-refractivity contribution in [2.45, 2.75) is 19.8 Å². The third kappa shape index (κ3) is 5.31. The van der Waals surface area contributed by atoms with Crippen LogP contribution in [0, 0.1) is 0 Å². The summed E-state index contributed by atoms with van der Waals surface area (Å²) in [4.78, 5) is 25.9. The van der Waals surface area contributed by atoms with Crippen LogP contribution in [0.25, 0.3) is 5.57 Å². The van der Waals surface area contributed by atoms with E-state index in [1.807, 2.05) is 61.5 Å². The maximum Gasteiger partial charge on any atom is 0.248 e. The number of nitrogens with zero attached hydrogens (tertiary/aromatic N) is 1. The lowest BCUT2D eigenvalue weighted by Gasteiger charge is -2.13. The third-order valence-electron chi connectivity index (χ3n) is 3.95. The molecule has 0 unspecified atom stereocenters. The van der Waals surface area contributed by atoms with Crippen molar-refractivity contribution in [2.24, 2.45) is 0 Å². The second kappa shape index (κ2) is 8.83. The zero-order valence-electron chi connectivity index (χ0n) is 15.0. The topological polar surface area (TPSA) is 49.4 Å². The maximum absolute atomic E-state index is 12.4. The molecule has 0 fully saturated rings. The minimum atomic E-state index is -0.189. The van der Waals surface area contributed by atoms with Crippen LogP contribution in [0.15, 0.2) is 60.7 Å². The average molecular weight is 336 g/mol. The number of anilines is 1. The van der Waals surface area contributed by atoms with Crippen molar-refractivity contribution in [3.63, 3.8) is 0 Å². The summed E-state index contributed by atoms with van der Waals surface area (Å²) in [5, 5.41) is 2.90. The number of carbonyl (C=O) groups is 2. The van der Waals surface area contributed by atoms with Crippen molar-refractivity contribution in [3.05, 3.63) is 71.8 Å². The van der Waals surface area contributed by atoms with Crippen LogP contribution in [-0.4, -0.2) is 30.8 Å². The Morgan fingerprint density at radius 2 is 1.64 bits per heavy atom. The second-order valence-corrected chi connectivity index (χ2v) is 6.00. The molecular weight excluding hydrogens is 312 g/mol. The van der Waals surface area contributed by atoms with Gasteiger partial charge in [0.1, 0.15) is 0 Å². The smallest absolute Gasteiger partial charge is 0.248 e. The molecule has 2 aromatic carbocycles. The van der Waals surface area contributed by atoms with Gasteiger partial charge in [-0.1, -0.05) is 55.5 Å². The molecule has 0 aliphatic carbocycles. The number of likely N-dealkylation sites (N-methyl/N-ethyl adjacent to an activating group) is 1. The first kappa shape index (κ1) is 18.5. The summed E-state index contributed by atoms with van der Waals surface area (Å²) in [5.74, 6) is -0.193. The van der Waals surface area contributed by atoms with E-state index in [0.717, 1.165) is 23.1 Å². The number of hydrogen-bond donors (Lipinski definition) is 1. The summed E-state index contributed by atoms with van der Waals surface area (Å²) in [6.45, 7) is 2.02. The maximum atomic E-state index is 12.4. The van der Waals surface area contributed by atoms with E-state index in [2.05, 4.69) is 5.32 Å². The second-order valence-electron chi connectivity index (χ2n) is 6.00. The lowest BCUT2D eigenvalue weighted by atomic mass is 10.0. The largest absolute Gasteiger partial charge is 0.349 e. The number of hydrogen-bond acceptors (Lipinski definition) is 2. The van der Waals surface area contributed by atoms with Crippen molar-refractivity contribution in [2.75, 3.05) is 19.4 Å². The molecule has 4 heteroatoms. The summed E-state index contributed by atoms with van der Waals surface area (Å²) < 4.78 is 0. The van der Waals surface area contributed by atoms with Crippen LogP contribution in [0.3, 0.4) is 0 Å². The highest BCUT2D eigenvalue weighted by Gasteiger charge is 2.11. The van der Waals surface area contributed by atoms with E-state index in [4.69, 9.17) is 0 Å². The number of para-hydroxylation sites is 1. The molecule has 0 radical (unpaired) electrons. The van der Waals surface area contributed by atoms with Gasteiger partial charge in [-0.05, 0) is 29.2 Å². The number of allylic oxidation sites excluding steroid dienone is 1. The van der Waals surface area contributed by atoms with Gasteiger partial charge >= 0.3 is 0 Å². The van der Waals surface area contributed by atoms with E-state index in [1.165, 1.54) is 0 Å². The fourth-order valence-corrected chi connectivity index (χ4v) is 2.49. The summed E-state index contributed by atoms with van der Waals surface area (Å²) in [7, 11) is 3.44. The molecule has 2 rings (SSSR count). The normalized spacial score (nSPS) is 11.1. The molecule has 0 saturated carbocycles. The van der Waals surface area contributed by atoms with Crippen LogP contribution >= 0.6 is 0 Å². The molecule has 0 atom stereocenters. The molecule has 0 saturated heterocycles. The number of benzene rings is 2. The Hall–Kier alpha value is -2.88. The molecule has 4 nitrogen and oxygen atoms in total. The van der Waals surface area contributed by atoms with Crippen LogP contribution < -0.4 is 5.32 Å². The van der Waals surface area contributed by atoms with Gasteiger partial charge in [0.15, 0.2) is 0 Å². The summed E-state index contributed by atoms with van der Waals surface area (Å²) in [6, 6.07) is 17.2. The highest BCUT2D eigenvalue weighted by atomic mass is 16.2. The Kier molecular flexibility index (Phi) is 6.52. The van der Waals surface area contributed by atoms with Gasteiger partial charge in [0.2, 0.25) is 11.8 Å². The molecule has 130 valence electrons. The minimum Gasteiger partial charge on any atom is -0.349 e. The highest BCUT2D eigenvalue weighted by molar-refractivity contribution is 6.04. The number of amides is 2. The van der Waals surface area contributed by atoms with Crippen LogP contribution in [0.5, 0.6) is 0 Å². The Bertz CT molecular complexity index is 764. The predicted molar refractivity (Wildman–Crippen MR) is 102 cm³/mol. The summed E-state index contributed by atoms with van der Waals surface area (Å²) in [6.07, 6.45) is 2.64. The Labute approximate surface area is 149 Å². The fourth-order valence-electron chi connectivity index (χ4n) is 2.49. The monoisotopic (exact) mass is 336 g/mol. The molecule has 25 heavy (non-hydrogen) atoms. The molecule has 0 aliphatic heterocycles. The fraction of sp³-hybridized carbons (Fsp3) is 0.238. The molecule has 0 aromatic heterocycles. The zero-order chi connectivity index (χ0) is 18.2. The van der Waals surface area contributed by atoms with E-state index in [-0.39, 0.29) is 18.2 Å². The van der Waals surface area contributed by atoms with Crippen molar-refractivity contribution >= 4 is 23.1 Å². The van der Waals surface area contributed by atoms with E-state index >= 15 is 0 Å². The number of nitrogens with one attached hydrogen (secondary N) is 1. The zero-order valence-corrected chi connectivity index (χ0v) is 15.0. The Morgan fingerprint density at radius 1 is 1.00 bits per heavy atom. The van der Waals surface area contributed by atoms with Crippen LogP contribution in [0.4, 0.5) is 5.69 Å². The average Bonchev–Trinajstić information content (AvgIpc) is 2.62. The predicted octanol–water partition coefficient (Wildman–Crippen LogP) is 3.75. The van der Waals surface area contributed by atoms with E-state index in [1.54, 1.807) is 25.1 Å². The van der Waals surface area contributed by atoms with Crippen LogP contribution in [0.2, 0.25) is 0 Å². The van der Waals surface area contributed by atoms with Crippen molar-refractivity contribution in [3.8, 4) is 0 Å². The first-order valence-corrected chi connectivity index (χ1v) is 8.36. The molecule has 1 N–H and O–H groups in total. The van der Waals surface area contributed by atoms with Crippen LogP contribution in [-0.2, 0) is 16.0 Å². The van der Waals surface area contributed by atoms with Crippen molar-refractivity contribution < 1.29 is 9.59 Å². The van der Waals surface area contributed by atoms with Gasteiger partial charge in [0.05, 0.1) is 6.42 Å². The first-order chi connectivity index (χ1) is 12.0. The van der Waals surface area contributed by atoms with Crippen molar-refractivity contribution in [1.29, 1.82) is 0 Å². The number of rotatable bonds is 6. The van der Waals surface area contributed by atoms with Crippen molar-refractivity contribution in [1.82, 2.24) is 4.90 Å². The van der Waals surface area contributed by atoms with Gasteiger partial charge < -0.3 is 10.2 Å². The molecular formula is C21H24N2O2. The minimum absolute atomic E-state index is 0.00391.